The number of aromatic nitrogens is 1. The Hall–Kier alpha value is -2.33. The van der Waals surface area contributed by atoms with Crippen molar-refractivity contribution in [2.24, 2.45) is 0 Å². The van der Waals surface area contributed by atoms with Gasteiger partial charge < -0.3 is 9.72 Å². The molecule has 2 aromatic carbocycles. The molecule has 1 saturated heterocycles. The molecule has 1 aliphatic rings. The predicted octanol–water partition coefficient (Wildman–Crippen LogP) is 4.70. The van der Waals surface area contributed by atoms with E-state index in [0.29, 0.717) is 5.92 Å². The molecule has 0 atom stereocenters. The lowest BCUT2D eigenvalue weighted by Gasteiger charge is -2.32. The second-order valence-corrected chi connectivity index (χ2v) is 6.83. The molecule has 1 fully saturated rings. The van der Waals surface area contributed by atoms with E-state index in [9.17, 15) is 4.39 Å². The molecule has 0 radical (unpaired) electrons. The minimum Gasteiger partial charge on any atom is -0.497 e. The molecule has 0 saturated carbocycles. The number of ether oxygens (including phenoxy) is 1. The largest absolute Gasteiger partial charge is 0.497 e. The summed E-state index contributed by atoms with van der Waals surface area (Å²) in [5, 5.41) is 1.27. The highest BCUT2D eigenvalue weighted by atomic mass is 19.1. The molecule has 0 bridgehead atoms. The summed E-state index contributed by atoms with van der Waals surface area (Å²) in [6.45, 7) is 3.03. The SMILES string of the molecule is COc1ccc2[nH]cc(C3CCN(Cc4ccc(F)cc4)CC3)c2c1. The van der Waals surface area contributed by atoms with Crippen molar-refractivity contribution in [1.82, 2.24) is 9.88 Å². The molecule has 1 N–H and O–H groups in total. The van der Waals surface area contributed by atoms with E-state index in [1.165, 1.54) is 22.0 Å². The van der Waals surface area contributed by atoms with Crippen LogP contribution in [-0.4, -0.2) is 30.1 Å². The topological polar surface area (TPSA) is 28.3 Å². The molecule has 2 heterocycles. The summed E-state index contributed by atoms with van der Waals surface area (Å²) in [5.74, 6) is 1.31. The highest BCUT2D eigenvalue weighted by Crippen LogP contribution is 2.34. The highest BCUT2D eigenvalue weighted by molar-refractivity contribution is 5.85. The molecule has 4 heteroatoms. The Morgan fingerprint density at radius 2 is 1.88 bits per heavy atom. The molecule has 0 amide bonds. The average molecular weight is 338 g/mol. The number of aromatic amines is 1. The van der Waals surface area contributed by atoms with Gasteiger partial charge >= 0.3 is 0 Å². The molecule has 1 aromatic heterocycles. The van der Waals surface area contributed by atoms with E-state index < -0.39 is 0 Å². The average Bonchev–Trinajstić information content (AvgIpc) is 3.07. The van der Waals surface area contributed by atoms with Crippen LogP contribution < -0.4 is 4.74 Å². The quantitative estimate of drug-likeness (QED) is 0.747. The third-order valence-electron chi connectivity index (χ3n) is 5.27. The first-order chi connectivity index (χ1) is 12.2. The molecular formula is C21H23FN2O. The Kier molecular flexibility index (Phi) is 4.45. The first kappa shape index (κ1) is 16.2. The zero-order valence-corrected chi connectivity index (χ0v) is 14.5. The molecule has 0 aliphatic carbocycles. The molecule has 3 aromatic rings. The number of halogens is 1. The molecule has 3 nitrogen and oxygen atoms in total. The monoisotopic (exact) mass is 338 g/mol. The molecular weight excluding hydrogens is 315 g/mol. The van der Waals surface area contributed by atoms with Crippen molar-refractivity contribution < 1.29 is 9.13 Å². The van der Waals surface area contributed by atoms with Crippen molar-refractivity contribution in [3.05, 3.63) is 65.6 Å². The van der Waals surface area contributed by atoms with Crippen LogP contribution in [0.5, 0.6) is 5.75 Å². The number of methoxy groups -OCH3 is 1. The first-order valence-electron chi connectivity index (χ1n) is 8.85. The van der Waals surface area contributed by atoms with Gasteiger partial charge in [0, 0.05) is 23.6 Å². The molecule has 25 heavy (non-hydrogen) atoms. The summed E-state index contributed by atoms with van der Waals surface area (Å²) < 4.78 is 18.4. The van der Waals surface area contributed by atoms with Gasteiger partial charge in [0.25, 0.3) is 0 Å². The predicted molar refractivity (Wildman–Crippen MR) is 98.5 cm³/mol. The van der Waals surface area contributed by atoms with Crippen molar-refractivity contribution in [3.8, 4) is 5.75 Å². The highest BCUT2D eigenvalue weighted by Gasteiger charge is 2.23. The van der Waals surface area contributed by atoms with E-state index in [-0.39, 0.29) is 5.82 Å². The maximum Gasteiger partial charge on any atom is 0.123 e. The third-order valence-corrected chi connectivity index (χ3v) is 5.27. The summed E-state index contributed by atoms with van der Waals surface area (Å²) in [6, 6.07) is 13.1. The van der Waals surface area contributed by atoms with E-state index >= 15 is 0 Å². The summed E-state index contributed by atoms with van der Waals surface area (Å²) in [7, 11) is 1.71. The summed E-state index contributed by atoms with van der Waals surface area (Å²) in [4.78, 5) is 5.85. The van der Waals surface area contributed by atoms with Crippen LogP contribution in [0.1, 0.15) is 29.9 Å². The minimum atomic E-state index is -0.169. The first-order valence-corrected chi connectivity index (χ1v) is 8.85. The van der Waals surface area contributed by atoms with Gasteiger partial charge in [0.2, 0.25) is 0 Å². The van der Waals surface area contributed by atoms with Gasteiger partial charge in [-0.05, 0) is 73.3 Å². The molecule has 0 spiro atoms. The van der Waals surface area contributed by atoms with Crippen LogP contribution in [0.3, 0.4) is 0 Å². The summed E-state index contributed by atoms with van der Waals surface area (Å²) in [5.41, 5.74) is 3.75. The van der Waals surface area contributed by atoms with Crippen LogP contribution in [0.4, 0.5) is 4.39 Å². The second kappa shape index (κ2) is 6.89. The van der Waals surface area contributed by atoms with Gasteiger partial charge in [-0.3, -0.25) is 4.90 Å². The zero-order chi connectivity index (χ0) is 17.2. The zero-order valence-electron chi connectivity index (χ0n) is 14.5. The lowest BCUT2D eigenvalue weighted by atomic mass is 9.89. The van der Waals surface area contributed by atoms with Gasteiger partial charge in [-0.1, -0.05) is 12.1 Å². The van der Waals surface area contributed by atoms with Crippen molar-refractivity contribution in [1.29, 1.82) is 0 Å². The van der Waals surface area contributed by atoms with E-state index in [2.05, 4.69) is 28.2 Å². The van der Waals surface area contributed by atoms with Crippen LogP contribution in [-0.2, 0) is 6.54 Å². The van der Waals surface area contributed by atoms with E-state index in [1.807, 2.05) is 18.2 Å². The summed E-state index contributed by atoms with van der Waals surface area (Å²) >= 11 is 0. The number of likely N-dealkylation sites (tertiary alicyclic amines) is 1. The Bertz CT molecular complexity index is 848. The van der Waals surface area contributed by atoms with Gasteiger partial charge in [-0.25, -0.2) is 4.39 Å². The number of H-pyrrole nitrogens is 1. The van der Waals surface area contributed by atoms with Gasteiger partial charge in [0.05, 0.1) is 7.11 Å². The van der Waals surface area contributed by atoms with Crippen LogP contribution in [0, 0.1) is 5.82 Å². The van der Waals surface area contributed by atoms with Crippen molar-refractivity contribution in [3.63, 3.8) is 0 Å². The fraction of sp³-hybridized carbons (Fsp3) is 0.333. The fourth-order valence-corrected chi connectivity index (χ4v) is 3.84. The van der Waals surface area contributed by atoms with Crippen LogP contribution in [0.15, 0.2) is 48.7 Å². The number of nitrogens with one attached hydrogen (secondary N) is 1. The van der Waals surface area contributed by atoms with Crippen LogP contribution >= 0.6 is 0 Å². The molecule has 4 rings (SSSR count). The van der Waals surface area contributed by atoms with E-state index in [4.69, 9.17) is 4.74 Å². The molecule has 0 unspecified atom stereocenters. The maximum absolute atomic E-state index is 13.0. The lowest BCUT2D eigenvalue weighted by Crippen LogP contribution is -2.32. The lowest BCUT2D eigenvalue weighted by molar-refractivity contribution is 0.205. The number of benzene rings is 2. The van der Waals surface area contributed by atoms with Crippen molar-refractivity contribution in [2.75, 3.05) is 20.2 Å². The molecule has 1 aliphatic heterocycles. The number of fused-ring (bicyclic) bond motifs is 1. The normalized spacial score (nSPS) is 16.4. The van der Waals surface area contributed by atoms with Gasteiger partial charge in [-0.2, -0.15) is 0 Å². The third kappa shape index (κ3) is 3.40. The number of hydrogen-bond acceptors (Lipinski definition) is 2. The van der Waals surface area contributed by atoms with Crippen molar-refractivity contribution in [2.45, 2.75) is 25.3 Å². The Labute approximate surface area is 147 Å². The number of rotatable bonds is 4. The second-order valence-electron chi connectivity index (χ2n) is 6.83. The molecule has 130 valence electrons. The fourth-order valence-electron chi connectivity index (χ4n) is 3.84. The van der Waals surface area contributed by atoms with E-state index in [1.54, 1.807) is 19.2 Å². The van der Waals surface area contributed by atoms with Crippen molar-refractivity contribution >= 4 is 10.9 Å². The van der Waals surface area contributed by atoms with Crippen LogP contribution in [0.2, 0.25) is 0 Å². The van der Waals surface area contributed by atoms with Crippen LogP contribution in [0.25, 0.3) is 10.9 Å². The van der Waals surface area contributed by atoms with E-state index in [0.717, 1.165) is 38.2 Å². The number of piperidine rings is 1. The Morgan fingerprint density at radius 1 is 1.12 bits per heavy atom. The Morgan fingerprint density at radius 3 is 2.60 bits per heavy atom. The van der Waals surface area contributed by atoms with Gasteiger partial charge in [-0.15, -0.1) is 0 Å². The number of nitrogens with zero attached hydrogens (tertiary/aromatic N) is 1. The smallest absolute Gasteiger partial charge is 0.123 e. The summed E-state index contributed by atoms with van der Waals surface area (Å²) in [6.07, 6.45) is 4.45. The Balaban J connectivity index is 1.44. The van der Waals surface area contributed by atoms with Gasteiger partial charge in [0.15, 0.2) is 0 Å². The minimum absolute atomic E-state index is 0.169. The maximum atomic E-state index is 13.0. The number of hydrogen-bond donors (Lipinski definition) is 1. The van der Waals surface area contributed by atoms with Gasteiger partial charge in [0.1, 0.15) is 11.6 Å². The standard InChI is InChI=1S/C21H23FN2O/c1-25-18-6-7-21-19(12-18)20(13-23-21)16-8-10-24(11-9-16)14-15-2-4-17(22)5-3-15/h2-7,12-13,16,23H,8-11,14H2,1H3.